The van der Waals surface area contributed by atoms with Gasteiger partial charge in [0.05, 0.1) is 31.7 Å². The zero-order valence-electron chi connectivity index (χ0n) is 20.1. The van der Waals surface area contributed by atoms with Crippen molar-refractivity contribution in [1.29, 1.82) is 0 Å². The van der Waals surface area contributed by atoms with Gasteiger partial charge in [-0.15, -0.1) is 0 Å². The Hall–Kier alpha value is -3.07. The van der Waals surface area contributed by atoms with Gasteiger partial charge in [0.25, 0.3) is 0 Å². The highest BCUT2D eigenvalue weighted by Gasteiger charge is 2.28. The molecule has 1 amide bonds. The zero-order chi connectivity index (χ0) is 25.6. The van der Waals surface area contributed by atoms with Gasteiger partial charge in [-0.1, -0.05) is 41.9 Å². The van der Waals surface area contributed by atoms with Gasteiger partial charge in [-0.2, -0.15) is 4.31 Å². The van der Waals surface area contributed by atoms with E-state index in [-0.39, 0.29) is 24.0 Å². The minimum atomic E-state index is -3.97. The number of hydrogen-bond acceptors (Lipinski definition) is 5. The number of methoxy groups -OCH3 is 2. The van der Waals surface area contributed by atoms with Crippen LogP contribution in [0.25, 0.3) is 0 Å². The Morgan fingerprint density at radius 2 is 1.66 bits per heavy atom. The molecule has 0 saturated heterocycles. The summed E-state index contributed by atoms with van der Waals surface area (Å²) in [7, 11) is -0.884. The van der Waals surface area contributed by atoms with Crippen LogP contribution in [-0.4, -0.2) is 39.4 Å². The number of aryl methyl sites for hydroxylation is 1. The highest BCUT2D eigenvalue weighted by Crippen LogP contribution is 2.30. The van der Waals surface area contributed by atoms with Gasteiger partial charge in [0, 0.05) is 11.6 Å². The number of hydrogen-bond donors (Lipinski definition) is 1. The largest absolute Gasteiger partial charge is 0.493 e. The topological polar surface area (TPSA) is 84.9 Å². The van der Waals surface area contributed by atoms with E-state index in [0.717, 1.165) is 16.7 Å². The van der Waals surface area contributed by atoms with Crippen LogP contribution in [0, 0.1) is 6.92 Å². The first-order valence-electron chi connectivity index (χ1n) is 11.0. The Morgan fingerprint density at radius 1 is 1.00 bits per heavy atom. The summed E-state index contributed by atoms with van der Waals surface area (Å²) in [5, 5.41) is 3.31. The van der Waals surface area contributed by atoms with Crippen molar-refractivity contribution in [2.24, 2.45) is 0 Å². The molecule has 0 bridgehead atoms. The van der Waals surface area contributed by atoms with E-state index in [1.807, 2.05) is 44.2 Å². The predicted octanol–water partition coefficient (Wildman–Crippen LogP) is 4.73. The predicted molar refractivity (Wildman–Crippen MR) is 136 cm³/mol. The summed E-state index contributed by atoms with van der Waals surface area (Å²) >= 11 is 5.94. The number of halogens is 1. The summed E-state index contributed by atoms with van der Waals surface area (Å²) in [5.74, 6) is 0.684. The van der Waals surface area contributed by atoms with Gasteiger partial charge in [-0.05, 0) is 66.9 Å². The van der Waals surface area contributed by atoms with E-state index >= 15 is 0 Å². The first kappa shape index (κ1) is 26.5. The van der Waals surface area contributed by atoms with Gasteiger partial charge < -0.3 is 14.8 Å². The van der Waals surface area contributed by atoms with Crippen LogP contribution in [0.2, 0.25) is 5.02 Å². The van der Waals surface area contributed by atoms with E-state index in [0.29, 0.717) is 16.5 Å². The van der Waals surface area contributed by atoms with Gasteiger partial charge >= 0.3 is 0 Å². The molecule has 3 aromatic carbocycles. The highest BCUT2D eigenvalue weighted by molar-refractivity contribution is 7.89. The summed E-state index contributed by atoms with van der Waals surface area (Å²) < 4.78 is 38.7. The third-order valence-electron chi connectivity index (χ3n) is 5.66. The van der Waals surface area contributed by atoms with Crippen LogP contribution < -0.4 is 14.8 Å². The van der Waals surface area contributed by atoms with Crippen molar-refractivity contribution in [3.8, 4) is 11.5 Å². The van der Waals surface area contributed by atoms with Crippen molar-refractivity contribution >= 4 is 27.5 Å². The van der Waals surface area contributed by atoms with Gasteiger partial charge in [-0.3, -0.25) is 4.79 Å². The van der Waals surface area contributed by atoms with Crippen molar-refractivity contribution in [1.82, 2.24) is 9.62 Å². The lowest BCUT2D eigenvalue weighted by Crippen LogP contribution is -2.41. The Kier molecular flexibility index (Phi) is 8.77. The van der Waals surface area contributed by atoms with Gasteiger partial charge in [0.2, 0.25) is 15.9 Å². The molecule has 35 heavy (non-hydrogen) atoms. The molecule has 3 rings (SSSR count). The van der Waals surface area contributed by atoms with Gasteiger partial charge in [0.1, 0.15) is 0 Å². The van der Waals surface area contributed by atoms with Crippen molar-refractivity contribution in [3.63, 3.8) is 0 Å². The molecule has 7 nitrogen and oxygen atoms in total. The third kappa shape index (κ3) is 6.54. The molecular formula is C26H29ClN2O5S. The molecule has 0 unspecified atom stereocenters. The molecule has 1 atom stereocenters. The maximum Gasteiger partial charge on any atom is 0.243 e. The molecule has 186 valence electrons. The summed E-state index contributed by atoms with van der Waals surface area (Å²) in [6.07, 6.45) is 0. The third-order valence-corrected chi connectivity index (χ3v) is 7.72. The smallest absolute Gasteiger partial charge is 0.243 e. The average Bonchev–Trinajstić information content (AvgIpc) is 2.84. The molecule has 0 aliphatic rings. The number of carbonyl (C=O) groups is 1. The van der Waals surface area contributed by atoms with Gasteiger partial charge in [-0.25, -0.2) is 8.42 Å². The molecule has 3 aromatic rings. The summed E-state index contributed by atoms with van der Waals surface area (Å²) in [6.45, 7) is 3.42. The number of amides is 1. The number of rotatable bonds is 10. The molecule has 0 heterocycles. The summed E-state index contributed by atoms with van der Waals surface area (Å²) in [6, 6.07) is 18.3. The monoisotopic (exact) mass is 516 g/mol. The molecule has 9 heteroatoms. The van der Waals surface area contributed by atoms with E-state index in [4.69, 9.17) is 21.1 Å². The SMILES string of the molecule is COc1ccc([C@H](C)NC(=O)CN(Cc2ccccc2C)S(=O)(=O)c2ccc(Cl)cc2)cc1OC. The molecule has 0 saturated carbocycles. The molecule has 0 aromatic heterocycles. The Morgan fingerprint density at radius 3 is 2.29 bits per heavy atom. The first-order valence-corrected chi connectivity index (χ1v) is 12.8. The Labute approximate surface area is 211 Å². The molecular weight excluding hydrogens is 488 g/mol. The van der Waals surface area contributed by atoms with Crippen molar-refractivity contribution in [2.75, 3.05) is 20.8 Å². The lowest BCUT2D eigenvalue weighted by atomic mass is 10.1. The van der Waals surface area contributed by atoms with E-state index in [1.165, 1.54) is 35.7 Å². The van der Waals surface area contributed by atoms with E-state index in [9.17, 15) is 13.2 Å². The molecule has 0 fully saturated rings. The molecule has 0 aliphatic heterocycles. The van der Waals surface area contributed by atoms with Crippen LogP contribution in [0.15, 0.2) is 71.6 Å². The molecule has 0 radical (unpaired) electrons. The number of ether oxygens (including phenoxy) is 2. The summed E-state index contributed by atoms with van der Waals surface area (Å²) in [4.78, 5) is 13.1. The number of nitrogens with zero attached hydrogens (tertiary/aromatic N) is 1. The van der Waals surface area contributed by atoms with Crippen LogP contribution in [0.1, 0.15) is 29.7 Å². The first-order chi connectivity index (χ1) is 16.6. The number of nitrogens with one attached hydrogen (secondary N) is 1. The van der Waals surface area contributed by atoms with E-state index in [2.05, 4.69) is 5.32 Å². The minimum absolute atomic E-state index is 0.0514. The maximum absolute atomic E-state index is 13.5. The quantitative estimate of drug-likeness (QED) is 0.421. The Balaban J connectivity index is 1.84. The average molecular weight is 517 g/mol. The van der Waals surface area contributed by atoms with E-state index in [1.54, 1.807) is 19.2 Å². The van der Waals surface area contributed by atoms with Crippen LogP contribution in [0.3, 0.4) is 0 Å². The lowest BCUT2D eigenvalue weighted by Gasteiger charge is -2.24. The second-order valence-corrected chi connectivity index (χ2v) is 10.4. The molecule has 0 aliphatic carbocycles. The minimum Gasteiger partial charge on any atom is -0.493 e. The van der Waals surface area contributed by atoms with Gasteiger partial charge in [0.15, 0.2) is 11.5 Å². The molecule has 0 spiro atoms. The fraction of sp³-hybridized carbons (Fsp3) is 0.269. The van der Waals surface area contributed by atoms with Crippen LogP contribution >= 0.6 is 11.6 Å². The van der Waals surface area contributed by atoms with Crippen LogP contribution in [0.5, 0.6) is 11.5 Å². The Bertz CT molecular complexity index is 1280. The summed E-state index contributed by atoms with van der Waals surface area (Å²) in [5.41, 5.74) is 2.54. The lowest BCUT2D eigenvalue weighted by molar-refractivity contribution is -0.122. The second kappa shape index (κ2) is 11.6. The van der Waals surface area contributed by atoms with Crippen molar-refractivity contribution < 1.29 is 22.7 Å². The van der Waals surface area contributed by atoms with Crippen LogP contribution in [-0.2, 0) is 21.4 Å². The standard InChI is InChI=1S/C26H29ClN2O5S/c1-18-7-5-6-8-21(18)16-29(35(31,32)23-12-10-22(27)11-13-23)17-26(30)28-19(2)20-9-14-24(33-3)25(15-20)34-4/h5-15,19H,16-17H2,1-4H3,(H,28,30)/t19-/m0/s1. The second-order valence-electron chi connectivity index (χ2n) is 8.06. The van der Waals surface area contributed by atoms with Crippen molar-refractivity contribution in [3.05, 3.63) is 88.4 Å². The maximum atomic E-state index is 13.5. The zero-order valence-corrected chi connectivity index (χ0v) is 21.7. The number of sulfonamides is 1. The number of carbonyl (C=O) groups excluding carboxylic acids is 1. The highest BCUT2D eigenvalue weighted by atomic mass is 35.5. The number of benzene rings is 3. The van der Waals surface area contributed by atoms with Crippen molar-refractivity contribution in [2.45, 2.75) is 31.3 Å². The molecule has 1 N–H and O–H groups in total. The fourth-order valence-electron chi connectivity index (χ4n) is 3.61. The van der Waals surface area contributed by atoms with E-state index < -0.39 is 15.9 Å². The fourth-order valence-corrected chi connectivity index (χ4v) is 5.11. The normalized spacial score (nSPS) is 12.3. The van der Waals surface area contributed by atoms with Crippen LogP contribution in [0.4, 0.5) is 0 Å².